The van der Waals surface area contributed by atoms with Crippen molar-refractivity contribution in [2.75, 3.05) is 0 Å². The van der Waals surface area contributed by atoms with Gasteiger partial charge in [0.05, 0.1) is 0 Å². The maximum Gasteiger partial charge on any atom is 0.133 e. The Morgan fingerprint density at radius 2 is 1.80 bits per heavy atom. The van der Waals surface area contributed by atoms with E-state index in [9.17, 15) is 4.79 Å². The SMILES string of the molecule is C=C(C)CCC(=O)CC(C)CC(C)(C)C. The molecule has 0 amide bonds. The molecule has 0 fully saturated rings. The van der Waals surface area contributed by atoms with Gasteiger partial charge >= 0.3 is 0 Å². The van der Waals surface area contributed by atoms with Crippen molar-refractivity contribution >= 4 is 5.78 Å². The summed E-state index contributed by atoms with van der Waals surface area (Å²) in [6, 6.07) is 0. The molecule has 0 aliphatic rings. The summed E-state index contributed by atoms with van der Waals surface area (Å²) in [6.45, 7) is 14.6. The van der Waals surface area contributed by atoms with Gasteiger partial charge in [-0.3, -0.25) is 4.79 Å². The van der Waals surface area contributed by atoms with E-state index in [4.69, 9.17) is 0 Å². The highest BCUT2D eigenvalue weighted by Crippen LogP contribution is 2.26. The first-order valence-corrected chi connectivity index (χ1v) is 5.87. The van der Waals surface area contributed by atoms with E-state index in [1.54, 1.807) is 0 Å². The van der Waals surface area contributed by atoms with Crippen LogP contribution in [0.15, 0.2) is 12.2 Å². The summed E-state index contributed by atoms with van der Waals surface area (Å²) in [4.78, 5) is 11.6. The number of hydrogen-bond donors (Lipinski definition) is 0. The Labute approximate surface area is 95.0 Å². The summed E-state index contributed by atoms with van der Waals surface area (Å²) in [7, 11) is 0. The molecule has 0 N–H and O–H groups in total. The highest BCUT2D eigenvalue weighted by Gasteiger charge is 2.17. The minimum atomic E-state index is 0.327. The molecule has 1 nitrogen and oxygen atoms in total. The molecule has 1 unspecified atom stereocenters. The van der Waals surface area contributed by atoms with Gasteiger partial charge in [-0.1, -0.05) is 33.3 Å². The molecule has 0 aromatic rings. The van der Waals surface area contributed by atoms with E-state index in [1.807, 2.05) is 6.92 Å². The standard InChI is InChI=1S/C14H26O/c1-11(2)7-8-13(15)9-12(3)10-14(4,5)6/h12H,1,7-10H2,2-6H3. The Bertz CT molecular complexity index is 220. The summed E-state index contributed by atoms with van der Waals surface area (Å²) in [5, 5.41) is 0. The first-order valence-electron chi connectivity index (χ1n) is 5.87. The van der Waals surface area contributed by atoms with Crippen LogP contribution in [0, 0.1) is 11.3 Å². The zero-order valence-electron chi connectivity index (χ0n) is 11.0. The largest absolute Gasteiger partial charge is 0.300 e. The fourth-order valence-electron chi connectivity index (χ4n) is 1.96. The summed E-state index contributed by atoms with van der Waals surface area (Å²) < 4.78 is 0. The van der Waals surface area contributed by atoms with Crippen molar-refractivity contribution in [1.82, 2.24) is 0 Å². The highest BCUT2D eigenvalue weighted by atomic mass is 16.1. The van der Waals surface area contributed by atoms with Crippen LogP contribution in [-0.4, -0.2) is 5.78 Å². The van der Waals surface area contributed by atoms with E-state index in [0.717, 1.165) is 24.8 Å². The van der Waals surface area contributed by atoms with E-state index in [2.05, 4.69) is 34.3 Å². The van der Waals surface area contributed by atoms with Crippen LogP contribution in [0.2, 0.25) is 0 Å². The van der Waals surface area contributed by atoms with Crippen LogP contribution >= 0.6 is 0 Å². The molecule has 0 spiro atoms. The van der Waals surface area contributed by atoms with Crippen molar-refractivity contribution in [3.63, 3.8) is 0 Å². The summed E-state index contributed by atoms with van der Waals surface area (Å²) in [5.74, 6) is 0.886. The van der Waals surface area contributed by atoms with Gasteiger partial charge in [0.1, 0.15) is 5.78 Å². The Kier molecular flexibility index (Phi) is 5.85. The molecule has 0 aromatic heterocycles. The van der Waals surface area contributed by atoms with Crippen molar-refractivity contribution in [2.45, 2.75) is 60.3 Å². The molecule has 1 atom stereocenters. The van der Waals surface area contributed by atoms with Crippen molar-refractivity contribution in [3.8, 4) is 0 Å². The van der Waals surface area contributed by atoms with E-state index < -0.39 is 0 Å². The lowest BCUT2D eigenvalue weighted by atomic mass is 9.83. The average molecular weight is 210 g/mol. The quantitative estimate of drug-likeness (QED) is 0.595. The van der Waals surface area contributed by atoms with Crippen molar-refractivity contribution < 1.29 is 4.79 Å². The molecule has 0 aromatic carbocycles. The molecule has 0 saturated heterocycles. The number of ketones is 1. The number of allylic oxidation sites excluding steroid dienone is 1. The van der Waals surface area contributed by atoms with Crippen LogP contribution in [0.5, 0.6) is 0 Å². The van der Waals surface area contributed by atoms with Gasteiger partial charge in [-0.15, -0.1) is 6.58 Å². The third kappa shape index (κ3) is 9.71. The number of carbonyl (C=O) groups excluding carboxylic acids is 1. The second kappa shape index (κ2) is 6.09. The van der Waals surface area contributed by atoms with Gasteiger partial charge < -0.3 is 0 Å². The van der Waals surface area contributed by atoms with Crippen LogP contribution in [0.1, 0.15) is 60.3 Å². The van der Waals surface area contributed by atoms with Crippen LogP contribution < -0.4 is 0 Å². The molecule has 0 aliphatic carbocycles. The summed E-state index contributed by atoms with van der Waals surface area (Å²) >= 11 is 0. The molecule has 88 valence electrons. The minimum Gasteiger partial charge on any atom is -0.300 e. The summed E-state index contributed by atoms with van der Waals surface area (Å²) in [6.07, 6.45) is 3.36. The van der Waals surface area contributed by atoms with Crippen molar-refractivity contribution in [2.24, 2.45) is 11.3 Å². The molecular weight excluding hydrogens is 184 g/mol. The van der Waals surface area contributed by atoms with Gasteiger partial charge in [0, 0.05) is 12.8 Å². The molecule has 0 heterocycles. The van der Waals surface area contributed by atoms with Gasteiger partial charge in [-0.25, -0.2) is 0 Å². The van der Waals surface area contributed by atoms with Gasteiger partial charge in [-0.2, -0.15) is 0 Å². The average Bonchev–Trinajstić information content (AvgIpc) is 1.96. The number of hydrogen-bond acceptors (Lipinski definition) is 1. The van der Waals surface area contributed by atoms with E-state index in [0.29, 0.717) is 23.5 Å². The molecule has 0 radical (unpaired) electrons. The predicted molar refractivity (Wildman–Crippen MR) is 66.9 cm³/mol. The van der Waals surface area contributed by atoms with Gasteiger partial charge in [0.25, 0.3) is 0 Å². The zero-order chi connectivity index (χ0) is 12.1. The highest BCUT2D eigenvalue weighted by molar-refractivity contribution is 5.78. The first-order chi connectivity index (χ1) is 6.70. The molecule has 0 saturated carbocycles. The Morgan fingerprint density at radius 1 is 1.27 bits per heavy atom. The number of carbonyl (C=O) groups is 1. The van der Waals surface area contributed by atoms with Gasteiger partial charge in [0.2, 0.25) is 0 Å². The minimum absolute atomic E-state index is 0.327. The Hall–Kier alpha value is -0.590. The molecule has 0 rings (SSSR count). The van der Waals surface area contributed by atoms with Crippen molar-refractivity contribution in [1.29, 1.82) is 0 Å². The third-order valence-electron chi connectivity index (χ3n) is 2.37. The van der Waals surface area contributed by atoms with Crippen LogP contribution in [0.3, 0.4) is 0 Å². The first kappa shape index (κ1) is 14.4. The summed E-state index contributed by atoms with van der Waals surface area (Å²) in [5.41, 5.74) is 1.43. The van der Waals surface area contributed by atoms with Crippen molar-refractivity contribution in [3.05, 3.63) is 12.2 Å². The lowest BCUT2D eigenvalue weighted by molar-refractivity contribution is -0.120. The lowest BCUT2D eigenvalue weighted by Crippen LogP contribution is -2.14. The number of rotatable bonds is 6. The zero-order valence-corrected chi connectivity index (χ0v) is 11.0. The fourth-order valence-corrected chi connectivity index (χ4v) is 1.96. The maximum absolute atomic E-state index is 11.6. The predicted octanol–water partition coefficient (Wildman–Crippen LogP) is 4.37. The molecule has 0 aliphatic heterocycles. The smallest absolute Gasteiger partial charge is 0.133 e. The normalized spacial score (nSPS) is 13.7. The molecule has 1 heteroatoms. The molecular formula is C14H26O. The van der Waals surface area contributed by atoms with Gasteiger partial charge in [-0.05, 0) is 31.1 Å². The Morgan fingerprint density at radius 3 is 2.20 bits per heavy atom. The maximum atomic E-state index is 11.6. The van der Waals surface area contributed by atoms with Gasteiger partial charge in [0.15, 0.2) is 0 Å². The monoisotopic (exact) mass is 210 g/mol. The Balaban J connectivity index is 3.81. The van der Waals surface area contributed by atoms with Crippen LogP contribution in [0.4, 0.5) is 0 Å². The molecule has 15 heavy (non-hydrogen) atoms. The molecule has 0 bridgehead atoms. The van der Waals surface area contributed by atoms with E-state index in [-0.39, 0.29) is 0 Å². The lowest BCUT2D eigenvalue weighted by Gasteiger charge is -2.22. The van der Waals surface area contributed by atoms with Crippen LogP contribution in [0.25, 0.3) is 0 Å². The number of Topliss-reactive ketones (excluding diaryl/α,β-unsaturated/α-hetero) is 1. The second-order valence-electron chi connectivity index (χ2n) is 6.07. The topological polar surface area (TPSA) is 17.1 Å². The van der Waals surface area contributed by atoms with Crippen LogP contribution in [-0.2, 0) is 4.79 Å². The second-order valence-corrected chi connectivity index (χ2v) is 6.07. The fraction of sp³-hybridized carbons (Fsp3) is 0.786. The third-order valence-corrected chi connectivity index (χ3v) is 2.37. The van der Waals surface area contributed by atoms with E-state index in [1.165, 1.54) is 0 Å². The van der Waals surface area contributed by atoms with E-state index >= 15 is 0 Å².